The molecule has 1 aliphatic carbocycles. The molecule has 0 saturated carbocycles. The summed E-state index contributed by atoms with van der Waals surface area (Å²) >= 11 is 0. The molecule has 1 aromatic carbocycles. The van der Waals surface area contributed by atoms with Gasteiger partial charge in [-0.2, -0.15) is 0 Å². The second-order valence-corrected chi connectivity index (χ2v) is 6.17. The number of nitrogens with one attached hydrogen (secondary N) is 1. The lowest BCUT2D eigenvalue weighted by molar-refractivity contribution is -0.120. The molecule has 0 saturated heterocycles. The van der Waals surface area contributed by atoms with Gasteiger partial charge in [0.1, 0.15) is 0 Å². The van der Waals surface area contributed by atoms with E-state index in [9.17, 15) is 9.59 Å². The zero-order valence-corrected chi connectivity index (χ0v) is 12.5. The summed E-state index contributed by atoms with van der Waals surface area (Å²) in [6.45, 7) is 8.13. The Hall–Kier alpha value is -1.90. The molecule has 0 spiro atoms. The van der Waals surface area contributed by atoms with E-state index in [1.54, 1.807) is 0 Å². The topological polar surface area (TPSA) is 46.2 Å². The molecule has 1 N–H and O–H groups in total. The predicted octanol–water partition coefficient (Wildman–Crippen LogP) is 3.56. The van der Waals surface area contributed by atoms with Gasteiger partial charge in [0.2, 0.25) is 11.7 Å². The molecule has 0 aliphatic heterocycles. The van der Waals surface area contributed by atoms with Gasteiger partial charge in [-0.1, -0.05) is 52.0 Å². The predicted molar refractivity (Wildman–Crippen MR) is 80.2 cm³/mol. The standard InChI is InChI=1S/C17H21NO2/c1-5-8-13(19)18-15-14(17(2,3)4)11-9-6-7-10-12(11)16(15)20/h6-7,9-10H,5,8H2,1-4H3,(H,18,19,20). The van der Waals surface area contributed by atoms with Crippen molar-refractivity contribution in [3.8, 4) is 0 Å². The zero-order valence-electron chi connectivity index (χ0n) is 12.5. The molecule has 0 aromatic heterocycles. The summed E-state index contributed by atoms with van der Waals surface area (Å²) in [4.78, 5) is 24.4. The summed E-state index contributed by atoms with van der Waals surface area (Å²) in [5.41, 5.74) is 2.82. The van der Waals surface area contributed by atoms with Crippen molar-refractivity contribution in [3.63, 3.8) is 0 Å². The van der Waals surface area contributed by atoms with Gasteiger partial charge in [0.05, 0.1) is 5.70 Å². The van der Waals surface area contributed by atoms with Crippen molar-refractivity contribution >= 4 is 17.3 Å². The lowest BCUT2D eigenvalue weighted by Gasteiger charge is -2.23. The lowest BCUT2D eigenvalue weighted by atomic mass is 9.82. The van der Waals surface area contributed by atoms with E-state index >= 15 is 0 Å². The average Bonchev–Trinajstić information content (AvgIpc) is 2.63. The number of ketones is 1. The molecular formula is C17H21NO2. The van der Waals surface area contributed by atoms with Crippen LogP contribution in [-0.2, 0) is 4.79 Å². The van der Waals surface area contributed by atoms with Crippen molar-refractivity contribution in [1.82, 2.24) is 5.32 Å². The van der Waals surface area contributed by atoms with Crippen LogP contribution in [-0.4, -0.2) is 11.7 Å². The van der Waals surface area contributed by atoms with Crippen LogP contribution in [0.5, 0.6) is 0 Å². The largest absolute Gasteiger partial charge is 0.323 e. The Morgan fingerprint density at radius 1 is 1.15 bits per heavy atom. The van der Waals surface area contributed by atoms with E-state index in [-0.39, 0.29) is 17.1 Å². The van der Waals surface area contributed by atoms with Crippen LogP contribution >= 0.6 is 0 Å². The van der Waals surface area contributed by atoms with Crippen LogP contribution in [0.3, 0.4) is 0 Å². The average molecular weight is 271 g/mol. The zero-order chi connectivity index (χ0) is 14.9. The Morgan fingerprint density at radius 2 is 1.75 bits per heavy atom. The van der Waals surface area contributed by atoms with Crippen molar-refractivity contribution in [2.45, 2.75) is 40.5 Å². The molecule has 106 valence electrons. The van der Waals surface area contributed by atoms with Crippen LogP contribution in [0.2, 0.25) is 0 Å². The first-order valence-electron chi connectivity index (χ1n) is 7.05. The number of Topliss-reactive ketones (excluding diaryl/α,β-unsaturated/α-hetero) is 1. The normalized spacial score (nSPS) is 14.5. The minimum atomic E-state index is -0.197. The third-order valence-corrected chi connectivity index (χ3v) is 3.41. The Labute approximate surface area is 120 Å². The van der Waals surface area contributed by atoms with E-state index in [0.717, 1.165) is 17.6 Å². The molecule has 0 fully saturated rings. The Kier molecular flexibility index (Phi) is 3.80. The summed E-state index contributed by atoms with van der Waals surface area (Å²) in [5, 5.41) is 2.82. The van der Waals surface area contributed by atoms with Crippen LogP contribution in [0.25, 0.3) is 5.57 Å². The molecule has 0 radical (unpaired) electrons. The maximum Gasteiger partial charge on any atom is 0.224 e. The fraction of sp³-hybridized carbons (Fsp3) is 0.412. The van der Waals surface area contributed by atoms with E-state index in [1.165, 1.54) is 0 Å². The van der Waals surface area contributed by atoms with Crippen molar-refractivity contribution in [2.75, 3.05) is 0 Å². The molecule has 3 nitrogen and oxygen atoms in total. The van der Waals surface area contributed by atoms with Gasteiger partial charge in [0.25, 0.3) is 0 Å². The van der Waals surface area contributed by atoms with E-state index < -0.39 is 0 Å². The highest BCUT2D eigenvalue weighted by atomic mass is 16.2. The highest BCUT2D eigenvalue weighted by Crippen LogP contribution is 2.42. The first-order valence-corrected chi connectivity index (χ1v) is 7.05. The van der Waals surface area contributed by atoms with Crippen LogP contribution in [0.15, 0.2) is 30.0 Å². The summed E-state index contributed by atoms with van der Waals surface area (Å²) in [5.74, 6) is -0.166. The summed E-state index contributed by atoms with van der Waals surface area (Å²) in [7, 11) is 0. The van der Waals surface area contributed by atoms with Crippen LogP contribution in [0.1, 0.15) is 56.5 Å². The first kappa shape index (κ1) is 14.5. The Balaban J connectivity index is 2.50. The minimum Gasteiger partial charge on any atom is -0.323 e. The number of benzene rings is 1. The number of carbonyl (C=O) groups excluding carboxylic acids is 2. The lowest BCUT2D eigenvalue weighted by Crippen LogP contribution is -2.27. The molecule has 3 heteroatoms. The van der Waals surface area contributed by atoms with Gasteiger partial charge < -0.3 is 5.32 Å². The summed E-state index contributed by atoms with van der Waals surface area (Å²) in [6.07, 6.45) is 1.20. The molecule has 0 atom stereocenters. The maximum atomic E-state index is 12.5. The van der Waals surface area contributed by atoms with E-state index in [1.807, 2.05) is 31.2 Å². The van der Waals surface area contributed by atoms with Crippen LogP contribution < -0.4 is 5.32 Å². The van der Waals surface area contributed by atoms with Crippen molar-refractivity contribution in [3.05, 3.63) is 41.1 Å². The van der Waals surface area contributed by atoms with Crippen molar-refractivity contribution in [2.24, 2.45) is 5.41 Å². The molecule has 0 unspecified atom stereocenters. The SMILES string of the molecule is CCCC(=O)NC1=C(C(C)(C)C)c2ccccc2C1=O. The third-order valence-electron chi connectivity index (χ3n) is 3.41. The minimum absolute atomic E-state index is 0.0741. The molecule has 0 bridgehead atoms. The second kappa shape index (κ2) is 5.23. The summed E-state index contributed by atoms with van der Waals surface area (Å²) in [6, 6.07) is 7.55. The number of rotatable bonds is 3. The van der Waals surface area contributed by atoms with Crippen molar-refractivity contribution in [1.29, 1.82) is 0 Å². The van der Waals surface area contributed by atoms with E-state index in [0.29, 0.717) is 17.7 Å². The fourth-order valence-corrected chi connectivity index (χ4v) is 2.61. The quantitative estimate of drug-likeness (QED) is 0.913. The highest BCUT2D eigenvalue weighted by Gasteiger charge is 2.35. The van der Waals surface area contributed by atoms with Gasteiger partial charge in [-0.3, -0.25) is 9.59 Å². The van der Waals surface area contributed by atoms with E-state index in [4.69, 9.17) is 0 Å². The highest BCUT2D eigenvalue weighted by molar-refractivity contribution is 6.22. The number of fused-ring (bicyclic) bond motifs is 1. The number of allylic oxidation sites excluding steroid dienone is 2. The third kappa shape index (κ3) is 2.53. The number of amides is 1. The Bertz CT molecular complexity index is 591. The first-order chi connectivity index (χ1) is 9.36. The smallest absolute Gasteiger partial charge is 0.224 e. The number of hydrogen-bond acceptors (Lipinski definition) is 2. The molecule has 1 aliphatic rings. The molecule has 20 heavy (non-hydrogen) atoms. The van der Waals surface area contributed by atoms with Crippen LogP contribution in [0.4, 0.5) is 0 Å². The number of hydrogen-bond donors (Lipinski definition) is 1. The van der Waals surface area contributed by atoms with E-state index in [2.05, 4.69) is 26.1 Å². The van der Waals surface area contributed by atoms with Gasteiger partial charge in [-0.05, 0) is 23.0 Å². The van der Waals surface area contributed by atoms with Gasteiger partial charge in [-0.25, -0.2) is 0 Å². The van der Waals surface area contributed by atoms with Gasteiger partial charge in [0.15, 0.2) is 0 Å². The molecule has 1 aromatic rings. The molecule has 1 amide bonds. The van der Waals surface area contributed by atoms with Crippen molar-refractivity contribution < 1.29 is 9.59 Å². The molecular weight excluding hydrogens is 250 g/mol. The summed E-state index contributed by atoms with van der Waals surface area (Å²) < 4.78 is 0. The molecule has 2 rings (SSSR count). The van der Waals surface area contributed by atoms with Crippen LogP contribution in [0, 0.1) is 5.41 Å². The maximum absolute atomic E-state index is 12.5. The Morgan fingerprint density at radius 3 is 2.30 bits per heavy atom. The monoisotopic (exact) mass is 271 g/mol. The van der Waals surface area contributed by atoms with Gasteiger partial charge >= 0.3 is 0 Å². The van der Waals surface area contributed by atoms with Gasteiger partial charge in [-0.15, -0.1) is 0 Å². The molecule has 0 heterocycles. The number of carbonyl (C=O) groups is 2. The second-order valence-electron chi connectivity index (χ2n) is 6.17. The van der Waals surface area contributed by atoms with Gasteiger partial charge in [0, 0.05) is 12.0 Å². The fourth-order valence-electron chi connectivity index (χ4n) is 2.61.